The molecular weight excluding hydrogens is 428 g/mol. The summed E-state index contributed by atoms with van der Waals surface area (Å²) >= 11 is 0. The van der Waals surface area contributed by atoms with E-state index in [-0.39, 0.29) is 23.7 Å². The maximum Gasteiger partial charge on any atom is 0.255 e. The van der Waals surface area contributed by atoms with Crippen LogP contribution >= 0.6 is 0 Å². The summed E-state index contributed by atoms with van der Waals surface area (Å²) in [5.74, 6) is -1.28. The third-order valence-electron chi connectivity index (χ3n) is 6.17. The molecule has 1 saturated heterocycles. The molecule has 5 rings (SSSR count). The van der Waals surface area contributed by atoms with Gasteiger partial charge in [-0.25, -0.2) is 18.7 Å². The van der Waals surface area contributed by atoms with E-state index in [4.69, 9.17) is 0 Å². The number of amides is 1. The molecule has 33 heavy (non-hydrogen) atoms. The van der Waals surface area contributed by atoms with E-state index in [0.29, 0.717) is 35.6 Å². The number of fused-ring (bicyclic) bond motifs is 1. The standard InChI is InChI=1S/C24H23F2N5O2/c1-24(33)7-9-31(10-8-24)14-5-6-20(27-12-14)30-18-11-17(21-15(25)3-2-4-16(21)26)29-19-13-28-23(32)22(18)19/h2-6,11-12,33H,7-10,13H2,1H3,(H,28,32)(H,27,29,30). The van der Waals surface area contributed by atoms with Gasteiger partial charge in [-0.05, 0) is 50.1 Å². The summed E-state index contributed by atoms with van der Waals surface area (Å²) < 4.78 is 28.8. The predicted octanol–water partition coefficient (Wildman–Crippen LogP) is 3.76. The molecule has 0 atom stereocenters. The normalized spacial score (nSPS) is 17.0. The number of nitrogens with one attached hydrogen (secondary N) is 2. The zero-order chi connectivity index (χ0) is 23.2. The Kier molecular flexibility index (Phi) is 5.20. The molecule has 0 bridgehead atoms. The minimum absolute atomic E-state index is 0.0975. The number of rotatable bonds is 4. The summed E-state index contributed by atoms with van der Waals surface area (Å²) in [4.78, 5) is 23.3. The van der Waals surface area contributed by atoms with Crippen LogP contribution in [0.1, 0.15) is 35.8 Å². The smallest absolute Gasteiger partial charge is 0.255 e. The molecule has 1 amide bonds. The van der Waals surface area contributed by atoms with E-state index < -0.39 is 17.2 Å². The minimum atomic E-state index is -0.728. The van der Waals surface area contributed by atoms with Crippen LogP contribution in [0.15, 0.2) is 42.6 Å². The Morgan fingerprint density at radius 2 is 1.85 bits per heavy atom. The number of hydrogen-bond acceptors (Lipinski definition) is 6. The van der Waals surface area contributed by atoms with E-state index in [2.05, 4.69) is 25.5 Å². The molecular formula is C24H23F2N5O2. The molecule has 3 aromatic rings. The van der Waals surface area contributed by atoms with Crippen molar-refractivity contribution in [1.82, 2.24) is 15.3 Å². The van der Waals surface area contributed by atoms with E-state index in [1.54, 1.807) is 12.3 Å². The number of hydrogen-bond donors (Lipinski definition) is 3. The first-order chi connectivity index (χ1) is 15.8. The van der Waals surface area contributed by atoms with E-state index in [9.17, 15) is 18.7 Å². The molecule has 2 aromatic heterocycles. The third-order valence-corrected chi connectivity index (χ3v) is 6.17. The second-order valence-corrected chi connectivity index (χ2v) is 8.67. The molecule has 1 fully saturated rings. The number of nitrogens with zero attached hydrogens (tertiary/aromatic N) is 3. The van der Waals surface area contributed by atoms with Crippen LogP contribution in [0.3, 0.4) is 0 Å². The Labute approximate surface area is 189 Å². The average Bonchev–Trinajstić information content (AvgIpc) is 3.15. The molecule has 4 heterocycles. The lowest BCUT2D eigenvalue weighted by Gasteiger charge is -2.37. The van der Waals surface area contributed by atoms with Crippen LogP contribution in [0.5, 0.6) is 0 Å². The lowest BCUT2D eigenvalue weighted by Crippen LogP contribution is -2.42. The molecule has 9 heteroatoms. The van der Waals surface area contributed by atoms with E-state index >= 15 is 0 Å². The van der Waals surface area contributed by atoms with Crippen LogP contribution < -0.4 is 15.5 Å². The lowest BCUT2D eigenvalue weighted by atomic mass is 9.94. The van der Waals surface area contributed by atoms with Gasteiger partial charge in [-0.2, -0.15) is 0 Å². The van der Waals surface area contributed by atoms with E-state index in [1.165, 1.54) is 24.3 Å². The van der Waals surface area contributed by atoms with Gasteiger partial charge < -0.3 is 20.6 Å². The van der Waals surface area contributed by atoms with Crippen molar-refractivity contribution in [3.63, 3.8) is 0 Å². The molecule has 2 aliphatic rings. The number of benzene rings is 1. The summed E-state index contributed by atoms with van der Waals surface area (Å²) in [6, 6.07) is 8.79. The monoisotopic (exact) mass is 451 g/mol. The van der Waals surface area contributed by atoms with E-state index in [1.807, 2.05) is 13.0 Å². The molecule has 0 unspecified atom stereocenters. The quantitative estimate of drug-likeness (QED) is 0.560. The molecule has 3 N–H and O–H groups in total. The zero-order valence-electron chi connectivity index (χ0n) is 18.0. The number of aliphatic hydroxyl groups is 1. The van der Waals surface area contributed by atoms with Gasteiger partial charge in [-0.15, -0.1) is 0 Å². The number of anilines is 3. The summed E-state index contributed by atoms with van der Waals surface area (Å²) in [7, 11) is 0. The van der Waals surface area contributed by atoms with Gasteiger partial charge in [0.25, 0.3) is 5.91 Å². The van der Waals surface area contributed by atoms with Gasteiger partial charge in [0, 0.05) is 13.1 Å². The number of carbonyl (C=O) groups excluding carboxylic acids is 1. The van der Waals surface area contributed by atoms with Crippen LogP contribution in [-0.2, 0) is 6.54 Å². The first kappa shape index (κ1) is 21.3. The van der Waals surface area contributed by atoms with Crippen molar-refractivity contribution in [3.05, 3.63) is 65.5 Å². The van der Waals surface area contributed by atoms with Gasteiger partial charge >= 0.3 is 0 Å². The fourth-order valence-corrected chi connectivity index (χ4v) is 4.23. The molecule has 2 aliphatic heterocycles. The molecule has 1 aromatic carbocycles. The third kappa shape index (κ3) is 4.11. The first-order valence-electron chi connectivity index (χ1n) is 10.8. The number of carbonyl (C=O) groups is 1. The summed E-state index contributed by atoms with van der Waals surface area (Å²) in [5.41, 5.74) is 1.28. The molecule has 0 spiro atoms. The van der Waals surface area contributed by atoms with Gasteiger partial charge in [0.15, 0.2) is 0 Å². The van der Waals surface area contributed by atoms with Crippen molar-refractivity contribution in [2.24, 2.45) is 0 Å². The van der Waals surface area contributed by atoms with Crippen LogP contribution in [-0.4, -0.2) is 39.7 Å². The Morgan fingerprint density at radius 3 is 2.52 bits per heavy atom. The Morgan fingerprint density at radius 1 is 1.12 bits per heavy atom. The largest absolute Gasteiger partial charge is 0.390 e. The summed E-state index contributed by atoms with van der Waals surface area (Å²) in [6.07, 6.45) is 3.09. The molecule has 0 saturated carbocycles. The number of halogens is 2. The highest BCUT2D eigenvalue weighted by Crippen LogP contribution is 2.33. The maximum absolute atomic E-state index is 14.4. The molecule has 170 valence electrons. The van der Waals surface area contributed by atoms with Gasteiger partial charge in [0.05, 0.1) is 52.2 Å². The van der Waals surface area contributed by atoms with Crippen molar-refractivity contribution in [2.45, 2.75) is 31.9 Å². The predicted molar refractivity (Wildman–Crippen MR) is 120 cm³/mol. The minimum Gasteiger partial charge on any atom is -0.390 e. The van der Waals surface area contributed by atoms with Crippen molar-refractivity contribution in [1.29, 1.82) is 0 Å². The molecule has 0 aliphatic carbocycles. The topological polar surface area (TPSA) is 90.4 Å². The SMILES string of the molecule is CC1(O)CCN(c2ccc(Nc3cc(-c4c(F)cccc4F)nc4c3C(=O)NC4)nc2)CC1. The van der Waals surface area contributed by atoms with Crippen LogP contribution in [0.4, 0.5) is 26.0 Å². The molecule has 0 radical (unpaired) electrons. The van der Waals surface area contributed by atoms with Crippen molar-refractivity contribution >= 4 is 23.1 Å². The fraction of sp³-hybridized carbons (Fsp3) is 0.292. The molecule has 7 nitrogen and oxygen atoms in total. The van der Waals surface area contributed by atoms with Crippen molar-refractivity contribution in [3.8, 4) is 11.3 Å². The lowest BCUT2D eigenvalue weighted by molar-refractivity contribution is 0.0351. The number of pyridine rings is 2. The highest BCUT2D eigenvalue weighted by molar-refractivity contribution is 6.04. The highest BCUT2D eigenvalue weighted by atomic mass is 19.1. The Balaban J connectivity index is 1.45. The van der Waals surface area contributed by atoms with Gasteiger partial charge in [0.2, 0.25) is 0 Å². The number of aromatic nitrogens is 2. The Bertz CT molecular complexity index is 1200. The van der Waals surface area contributed by atoms with E-state index in [0.717, 1.165) is 18.8 Å². The second kappa shape index (κ2) is 8.08. The summed E-state index contributed by atoms with van der Waals surface area (Å²) in [5, 5.41) is 16.0. The Hall–Kier alpha value is -3.59. The number of piperidine rings is 1. The van der Waals surface area contributed by atoms with Gasteiger partial charge in [-0.3, -0.25) is 4.79 Å². The first-order valence-corrected chi connectivity index (χ1v) is 10.8. The van der Waals surface area contributed by atoms with Crippen molar-refractivity contribution in [2.75, 3.05) is 23.3 Å². The maximum atomic E-state index is 14.4. The van der Waals surface area contributed by atoms with Crippen LogP contribution in [0, 0.1) is 11.6 Å². The summed E-state index contributed by atoms with van der Waals surface area (Å²) in [6.45, 7) is 3.49. The second-order valence-electron chi connectivity index (χ2n) is 8.67. The zero-order valence-corrected chi connectivity index (χ0v) is 18.0. The van der Waals surface area contributed by atoms with Gasteiger partial charge in [-0.1, -0.05) is 6.07 Å². The highest BCUT2D eigenvalue weighted by Gasteiger charge is 2.28. The van der Waals surface area contributed by atoms with Gasteiger partial charge in [0.1, 0.15) is 17.5 Å². The van der Waals surface area contributed by atoms with Crippen molar-refractivity contribution < 1.29 is 18.7 Å². The van der Waals surface area contributed by atoms with Crippen LogP contribution in [0.2, 0.25) is 0 Å². The van der Waals surface area contributed by atoms with Crippen LogP contribution in [0.25, 0.3) is 11.3 Å². The fourth-order valence-electron chi connectivity index (χ4n) is 4.23. The average molecular weight is 451 g/mol.